The molecule has 0 atom stereocenters. The lowest BCUT2D eigenvalue weighted by Gasteiger charge is -2.32. The number of rotatable bonds is 3. The van der Waals surface area contributed by atoms with Crippen molar-refractivity contribution < 1.29 is 15.7 Å². The van der Waals surface area contributed by atoms with Crippen LogP contribution < -0.4 is 5.32 Å². The summed E-state index contributed by atoms with van der Waals surface area (Å²) in [5.74, 6) is 0. The van der Waals surface area contributed by atoms with Crippen LogP contribution in [0.15, 0.2) is 0 Å². The Kier molecular flexibility index (Phi) is 5.18. The van der Waals surface area contributed by atoms with Crippen LogP contribution in [0.25, 0.3) is 0 Å². The molecule has 0 aromatic carbocycles. The zero-order chi connectivity index (χ0) is 11.5. The molecule has 1 saturated heterocycles. The largest absolute Gasteiger partial charge is 0.447 e. The van der Waals surface area contributed by atoms with Crippen LogP contribution in [0.5, 0.6) is 0 Å². The van der Waals surface area contributed by atoms with Gasteiger partial charge in [-0.2, -0.15) is 0 Å². The summed E-state index contributed by atoms with van der Waals surface area (Å²) in [4.78, 5) is 13.5. The number of halogens is 1. The molecular weight excluding hydrogens is 223 g/mol. The van der Waals surface area contributed by atoms with E-state index in [9.17, 15) is 4.79 Å². The predicted molar refractivity (Wildman–Crippen MR) is 67.0 cm³/mol. The molecule has 1 aliphatic carbocycles. The van der Waals surface area contributed by atoms with Crippen molar-refractivity contribution in [2.45, 2.75) is 57.7 Å². The Morgan fingerprint density at radius 1 is 1.24 bits per heavy atom. The molecule has 0 aromatic heterocycles. The Morgan fingerprint density at radius 3 is 2.24 bits per heavy atom. The van der Waals surface area contributed by atoms with E-state index in [2.05, 4.69) is 5.32 Å². The van der Waals surface area contributed by atoms with E-state index in [1.165, 1.54) is 12.8 Å². The molecule has 4 nitrogen and oxygen atoms in total. The first-order valence-electron chi connectivity index (χ1n) is 6.37. The topological polar surface area (TPSA) is 41.6 Å². The molecule has 2 rings (SSSR count). The third kappa shape index (κ3) is 4.50. The maximum Gasteiger partial charge on any atom is 0.410 e. The number of carbonyl (C=O) groups excluding carboxylic acids is 1. The van der Waals surface area contributed by atoms with E-state index in [-0.39, 0.29) is 18.3 Å². The minimum Gasteiger partial charge on any atom is -0.447 e. The summed E-state index contributed by atoms with van der Waals surface area (Å²) in [5, 5.41) is 3.61. The Bertz CT molecular complexity index is 254. The number of nitrogens with zero attached hydrogens (tertiary/aromatic N) is 1. The van der Waals surface area contributed by atoms with Crippen molar-refractivity contribution in [2.75, 3.05) is 13.1 Å². The fraction of sp³-hybridized carbons (Fsp3) is 0.917. The fourth-order valence-corrected chi connectivity index (χ4v) is 2.09. The number of nitrogens with one attached hydrogen (secondary N) is 1. The number of hydrogen-bond donors (Lipinski definition) is 1. The Balaban J connectivity index is 0.00000144. The van der Waals surface area contributed by atoms with Crippen molar-refractivity contribution in [3.8, 4) is 0 Å². The molecule has 5 heteroatoms. The summed E-state index contributed by atoms with van der Waals surface area (Å²) in [6.07, 6.45) is 4.60. The van der Waals surface area contributed by atoms with Gasteiger partial charge in [-0.1, -0.05) is 0 Å². The first-order valence-corrected chi connectivity index (χ1v) is 6.37. The zero-order valence-electron chi connectivity index (χ0n) is 10.6. The average Bonchev–Trinajstić information content (AvgIpc) is 3.01. The van der Waals surface area contributed by atoms with Gasteiger partial charge in [0.15, 0.2) is 0 Å². The van der Waals surface area contributed by atoms with Gasteiger partial charge in [-0.05, 0) is 39.5 Å². The number of hydrogen-bond acceptors (Lipinski definition) is 3. The first-order chi connectivity index (χ1) is 7.65. The lowest BCUT2D eigenvalue weighted by Crippen LogP contribution is -2.46. The van der Waals surface area contributed by atoms with Gasteiger partial charge in [0.25, 0.3) is 0 Å². The predicted octanol–water partition coefficient (Wildman–Crippen LogP) is 2.15. The minimum atomic E-state index is -0.153. The standard InChI is InChI=1S/C12H22N2O2.FH.H2/c1-9(2)16-12(15)14-7-5-11(6-8-14)13-10-3-4-10;;/h9-11,13H,3-8H2,1-2H3;2*1H. The maximum atomic E-state index is 11.6. The molecule has 1 saturated carbocycles. The van der Waals surface area contributed by atoms with E-state index in [4.69, 9.17) is 4.74 Å². The smallest absolute Gasteiger partial charge is 0.410 e. The van der Waals surface area contributed by atoms with Gasteiger partial charge in [-0.3, -0.25) is 4.70 Å². The van der Waals surface area contributed by atoms with E-state index < -0.39 is 0 Å². The van der Waals surface area contributed by atoms with Crippen molar-refractivity contribution >= 4 is 6.09 Å². The quantitative estimate of drug-likeness (QED) is 0.832. The highest BCUT2D eigenvalue weighted by Gasteiger charge is 2.28. The van der Waals surface area contributed by atoms with Gasteiger partial charge in [0, 0.05) is 26.6 Å². The number of piperidine rings is 1. The van der Waals surface area contributed by atoms with Crippen molar-refractivity contribution in [2.24, 2.45) is 0 Å². The normalized spacial score (nSPS) is 21.2. The molecule has 2 aliphatic rings. The first kappa shape index (κ1) is 14.2. The molecule has 0 radical (unpaired) electrons. The highest BCUT2D eigenvalue weighted by molar-refractivity contribution is 5.67. The van der Waals surface area contributed by atoms with Crippen molar-refractivity contribution in [1.82, 2.24) is 10.2 Å². The second kappa shape index (κ2) is 6.19. The number of carbonyl (C=O) groups is 1. The van der Waals surface area contributed by atoms with Crippen molar-refractivity contribution in [1.29, 1.82) is 0 Å². The maximum absolute atomic E-state index is 11.6. The van der Waals surface area contributed by atoms with E-state index >= 15 is 0 Å². The summed E-state index contributed by atoms with van der Waals surface area (Å²) in [7, 11) is 0. The van der Waals surface area contributed by atoms with E-state index in [0.717, 1.165) is 32.0 Å². The summed E-state index contributed by atoms with van der Waals surface area (Å²) in [5.41, 5.74) is 0. The van der Waals surface area contributed by atoms with Crippen LogP contribution in [0.2, 0.25) is 0 Å². The lowest BCUT2D eigenvalue weighted by molar-refractivity contribution is 0.0678. The van der Waals surface area contributed by atoms with E-state index in [0.29, 0.717) is 6.04 Å². The zero-order valence-corrected chi connectivity index (χ0v) is 10.6. The summed E-state index contributed by atoms with van der Waals surface area (Å²) in [6, 6.07) is 1.37. The number of amides is 1. The number of likely N-dealkylation sites (tertiary alicyclic amines) is 1. The molecule has 0 unspecified atom stereocenters. The fourth-order valence-electron chi connectivity index (χ4n) is 2.09. The van der Waals surface area contributed by atoms with Gasteiger partial charge in [-0.15, -0.1) is 0 Å². The van der Waals surface area contributed by atoms with Crippen molar-refractivity contribution in [3.05, 3.63) is 0 Å². The molecule has 2 fully saturated rings. The summed E-state index contributed by atoms with van der Waals surface area (Å²) >= 11 is 0. The second-order valence-electron chi connectivity index (χ2n) is 5.13. The molecule has 102 valence electrons. The Labute approximate surface area is 104 Å². The van der Waals surface area contributed by atoms with Gasteiger partial charge in [0.05, 0.1) is 6.10 Å². The van der Waals surface area contributed by atoms with Gasteiger partial charge < -0.3 is 15.0 Å². The van der Waals surface area contributed by atoms with Gasteiger partial charge >= 0.3 is 6.09 Å². The SMILES string of the molecule is CC(C)OC(=O)N1CCC(NC2CC2)CC1.F.[HH]. The third-order valence-electron chi connectivity index (χ3n) is 3.14. The molecule has 0 bridgehead atoms. The highest BCUT2D eigenvalue weighted by atomic mass is 19.0. The Morgan fingerprint density at radius 2 is 1.76 bits per heavy atom. The van der Waals surface area contributed by atoms with Crippen LogP contribution in [-0.4, -0.2) is 42.3 Å². The third-order valence-corrected chi connectivity index (χ3v) is 3.14. The lowest BCUT2D eigenvalue weighted by atomic mass is 10.1. The van der Waals surface area contributed by atoms with Crippen LogP contribution in [0.3, 0.4) is 0 Å². The molecule has 0 spiro atoms. The number of ether oxygens (including phenoxy) is 1. The summed E-state index contributed by atoms with van der Waals surface area (Å²) < 4.78 is 5.18. The average molecular weight is 248 g/mol. The van der Waals surface area contributed by atoms with Gasteiger partial charge in [0.1, 0.15) is 0 Å². The minimum absolute atomic E-state index is 0. The second-order valence-corrected chi connectivity index (χ2v) is 5.13. The highest BCUT2D eigenvalue weighted by Crippen LogP contribution is 2.22. The summed E-state index contributed by atoms with van der Waals surface area (Å²) in [6.45, 7) is 5.43. The van der Waals surface area contributed by atoms with Crippen molar-refractivity contribution in [3.63, 3.8) is 0 Å². The van der Waals surface area contributed by atoms with E-state index in [1.807, 2.05) is 18.7 Å². The van der Waals surface area contributed by atoms with Crippen LogP contribution in [-0.2, 0) is 4.74 Å². The van der Waals surface area contributed by atoms with Crippen LogP contribution in [0.4, 0.5) is 9.50 Å². The molecule has 17 heavy (non-hydrogen) atoms. The molecular formula is C12H25FN2O2. The molecule has 1 N–H and O–H groups in total. The van der Waals surface area contributed by atoms with Crippen LogP contribution in [0.1, 0.15) is 41.0 Å². The van der Waals surface area contributed by atoms with Gasteiger partial charge in [0.2, 0.25) is 0 Å². The molecule has 0 aromatic rings. The molecule has 1 aliphatic heterocycles. The molecule has 1 amide bonds. The monoisotopic (exact) mass is 248 g/mol. The van der Waals surface area contributed by atoms with E-state index in [1.54, 1.807) is 0 Å². The van der Waals surface area contributed by atoms with Crippen LogP contribution >= 0.6 is 0 Å². The molecule has 1 heterocycles. The van der Waals surface area contributed by atoms with Crippen LogP contribution in [0, 0.1) is 0 Å². The Hall–Kier alpha value is -0.840. The van der Waals surface area contributed by atoms with Gasteiger partial charge in [-0.25, -0.2) is 4.79 Å².